The van der Waals surface area contributed by atoms with E-state index in [2.05, 4.69) is 33.1 Å². The third-order valence-corrected chi connectivity index (χ3v) is 5.93. The molecule has 186 valence electrons. The van der Waals surface area contributed by atoms with Gasteiger partial charge in [0.05, 0.1) is 12.2 Å². The van der Waals surface area contributed by atoms with Crippen LogP contribution in [-0.2, 0) is 11.8 Å². The number of aromatic nitrogens is 4. The standard InChI is InChI=1S/C26H31F2N5O2/c1-5-17-15-29-25(30-16-17)33-10-8-18(9-11-33)7-6-12-34-19-13-20(27)22(21(28)14-19)23-31-24(35-32-23)26(2,3)4/h8,10,13-16,18H,5-7,9,11-12H2,1-4H3. The van der Waals surface area contributed by atoms with E-state index in [9.17, 15) is 8.78 Å². The van der Waals surface area contributed by atoms with Crippen molar-refractivity contribution in [3.05, 3.63) is 59.9 Å². The third-order valence-electron chi connectivity index (χ3n) is 5.93. The molecule has 0 radical (unpaired) electrons. The van der Waals surface area contributed by atoms with Gasteiger partial charge in [-0.2, -0.15) is 4.98 Å². The summed E-state index contributed by atoms with van der Waals surface area (Å²) >= 11 is 0. The number of rotatable bonds is 8. The van der Waals surface area contributed by atoms with E-state index in [1.165, 1.54) is 0 Å². The number of benzene rings is 1. The molecule has 0 saturated carbocycles. The summed E-state index contributed by atoms with van der Waals surface area (Å²) in [6.07, 6.45) is 11.5. The van der Waals surface area contributed by atoms with Crippen LogP contribution in [0.25, 0.3) is 11.4 Å². The predicted octanol–water partition coefficient (Wildman–Crippen LogP) is 5.86. The molecule has 1 atom stereocenters. The number of halogens is 2. The first kappa shape index (κ1) is 24.8. The fourth-order valence-electron chi connectivity index (χ4n) is 3.80. The number of anilines is 1. The lowest BCUT2D eigenvalue weighted by molar-refractivity contribution is 0.294. The van der Waals surface area contributed by atoms with Gasteiger partial charge in [-0.1, -0.05) is 38.9 Å². The van der Waals surface area contributed by atoms with Crippen LogP contribution in [0.2, 0.25) is 0 Å². The first-order valence-corrected chi connectivity index (χ1v) is 12.0. The third kappa shape index (κ3) is 6.01. The highest BCUT2D eigenvalue weighted by Gasteiger charge is 2.25. The zero-order valence-corrected chi connectivity index (χ0v) is 20.6. The van der Waals surface area contributed by atoms with E-state index >= 15 is 0 Å². The molecule has 0 fully saturated rings. The van der Waals surface area contributed by atoms with Crippen LogP contribution in [-0.4, -0.2) is 33.3 Å². The van der Waals surface area contributed by atoms with Crippen LogP contribution in [0.5, 0.6) is 5.75 Å². The lowest BCUT2D eigenvalue weighted by Gasteiger charge is -2.26. The molecule has 0 spiro atoms. The van der Waals surface area contributed by atoms with Gasteiger partial charge in [0.25, 0.3) is 0 Å². The molecule has 3 aromatic rings. The van der Waals surface area contributed by atoms with Gasteiger partial charge in [-0.05, 0) is 37.2 Å². The van der Waals surface area contributed by atoms with E-state index in [0.717, 1.165) is 49.9 Å². The van der Waals surface area contributed by atoms with Crippen molar-refractivity contribution in [2.24, 2.45) is 5.92 Å². The van der Waals surface area contributed by atoms with E-state index in [4.69, 9.17) is 9.26 Å². The highest BCUT2D eigenvalue weighted by atomic mass is 19.1. The Labute approximate surface area is 204 Å². The van der Waals surface area contributed by atoms with E-state index in [1.807, 2.05) is 44.3 Å². The van der Waals surface area contributed by atoms with Crippen molar-refractivity contribution in [3.8, 4) is 17.1 Å². The quantitative estimate of drug-likeness (QED) is 0.371. The Morgan fingerprint density at radius 1 is 1.14 bits per heavy atom. The van der Waals surface area contributed by atoms with Crippen LogP contribution >= 0.6 is 0 Å². The smallest absolute Gasteiger partial charge is 0.232 e. The number of hydrogen-bond acceptors (Lipinski definition) is 7. The van der Waals surface area contributed by atoms with Crippen molar-refractivity contribution in [2.45, 2.75) is 58.8 Å². The molecule has 2 aromatic heterocycles. The second kappa shape index (κ2) is 10.5. The minimum atomic E-state index is -0.786. The molecule has 0 bridgehead atoms. The van der Waals surface area contributed by atoms with Gasteiger partial charge in [0.15, 0.2) is 0 Å². The summed E-state index contributed by atoms with van der Waals surface area (Å²) in [5.41, 5.74) is 0.384. The molecule has 35 heavy (non-hydrogen) atoms. The number of allylic oxidation sites excluding steroid dienone is 1. The zero-order chi connectivity index (χ0) is 25.0. The molecule has 9 heteroatoms. The van der Waals surface area contributed by atoms with Gasteiger partial charge < -0.3 is 14.2 Å². The maximum absolute atomic E-state index is 14.7. The molecule has 0 saturated heterocycles. The molecule has 7 nitrogen and oxygen atoms in total. The number of ether oxygens (including phenoxy) is 1. The lowest BCUT2D eigenvalue weighted by atomic mass is 9.97. The van der Waals surface area contributed by atoms with Gasteiger partial charge in [-0.25, -0.2) is 18.7 Å². The highest BCUT2D eigenvalue weighted by molar-refractivity contribution is 5.58. The zero-order valence-electron chi connectivity index (χ0n) is 20.6. The number of aryl methyl sites for hydroxylation is 1. The van der Waals surface area contributed by atoms with Gasteiger partial charge >= 0.3 is 0 Å². The lowest BCUT2D eigenvalue weighted by Crippen LogP contribution is -2.26. The summed E-state index contributed by atoms with van der Waals surface area (Å²) < 4.78 is 40.1. The van der Waals surface area contributed by atoms with E-state index in [-0.39, 0.29) is 17.1 Å². The highest BCUT2D eigenvalue weighted by Crippen LogP contribution is 2.30. The summed E-state index contributed by atoms with van der Waals surface area (Å²) in [5.74, 6) is -0.105. The fraction of sp³-hybridized carbons (Fsp3) is 0.462. The molecule has 1 aliphatic rings. The maximum Gasteiger partial charge on any atom is 0.232 e. The van der Waals surface area contributed by atoms with E-state index in [0.29, 0.717) is 24.4 Å². The van der Waals surface area contributed by atoms with Crippen LogP contribution in [0.15, 0.2) is 41.3 Å². The molecule has 4 rings (SSSR count). The summed E-state index contributed by atoms with van der Waals surface area (Å²) in [6, 6.07) is 2.32. The first-order valence-electron chi connectivity index (χ1n) is 12.0. The van der Waals surface area contributed by atoms with Crippen molar-refractivity contribution in [3.63, 3.8) is 0 Å². The summed E-state index contributed by atoms with van der Waals surface area (Å²) in [4.78, 5) is 15.1. The van der Waals surface area contributed by atoms with Crippen LogP contribution < -0.4 is 9.64 Å². The van der Waals surface area contributed by atoms with Gasteiger partial charge in [-0.15, -0.1) is 0 Å². The van der Waals surface area contributed by atoms with Crippen molar-refractivity contribution in [1.29, 1.82) is 0 Å². The largest absolute Gasteiger partial charge is 0.493 e. The van der Waals surface area contributed by atoms with Gasteiger partial charge in [0.2, 0.25) is 17.7 Å². The first-order chi connectivity index (χ1) is 16.7. The summed E-state index contributed by atoms with van der Waals surface area (Å²) in [7, 11) is 0. The van der Waals surface area contributed by atoms with Crippen molar-refractivity contribution in [1.82, 2.24) is 20.1 Å². The SMILES string of the molecule is CCc1cnc(N2C=CC(CCCOc3cc(F)c(-c4noc(C(C)(C)C)n4)c(F)c3)CC2)nc1. The second-order valence-electron chi connectivity index (χ2n) is 9.75. The fourth-order valence-corrected chi connectivity index (χ4v) is 3.80. The Bertz CT molecular complexity index is 1150. The monoisotopic (exact) mass is 483 g/mol. The summed E-state index contributed by atoms with van der Waals surface area (Å²) in [6.45, 7) is 8.93. The van der Waals surface area contributed by atoms with E-state index in [1.54, 1.807) is 0 Å². The molecule has 1 aliphatic heterocycles. The Morgan fingerprint density at radius 3 is 2.43 bits per heavy atom. The average molecular weight is 484 g/mol. The molecular weight excluding hydrogens is 452 g/mol. The van der Waals surface area contributed by atoms with Crippen molar-refractivity contribution < 1.29 is 18.0 Å². The minimum Gasteiger partial charge on any atom is -0.493 e. The van der Waals surface area contributed by atoms with Gasteiger partial charge in [0.1, 0.15) is 17.4 Å². The van der Waals surface area contributed by atoms with E-state index < -0.39 is 17.0 Å². The predicted molar refractivity (Wildman–Crippen MR) is 129 cm³/mol. The van der Waals surface area contributed by atoms with Gasteiger partial charge in [-0.3, -0.25) is 0 Å². The van der Waals surface area contributed by atoms with Gasteiger partial charge in [0, 0.05) is 42.7 Å². The van der Waals surface area contributed by atoms with Crippen LogP contribution in [0.4, 0.5) is 14.7 Å². The molecule has 0 N–H and O–H groups in total. The Balaban J connectivity index is 1.28. The number of nitrogens with zero attached hydrogens (tertiary/aromatic N) is 5. The normalized spacial score (nSPS) is 16.1. The van der Waals surface area contributed by atoms with Crippen molar-refractivity contribution in [2.75, 3.05) is 18.1 Å². The van der Waals surface area contributed by atoms with Crippen LogP contribution in [0.3, 0.4) is 0 Å². The Morgan fingerprint density at radius 2 is 1.86 bits per heavy atom. The molecule has 1 unspecified atom stereocenters. The molecule has 0 aliphatic carbocycles. The van der Waals surface area contributed by atoms with Crippen LogP contribution in [0, 0.1) is 17.6 Å². The molecule has 1 aromatic carbocycles. The second-order valence-corrected chi connectivity index (χ2v) is 9.75. The topological polar surface area (TPSA) is 77.2 Å². The minimum absolute atomic E-state index is 0.110. The Kier molecular flexibility index (Phi) is 7.42. The van der Waals surface area contributed by atoms with Crippen LogP contribution in [0.1, 0.15) is 58.4 Å². The maximum atomic E-state index is 14.7. The summed E-state index contributed by atoms with van der Waals surface area (Å²) in [5, 5.41) is 3.74. The molecule has 3 heterocycles. The average Bonchev–Trinajstić information content (AvgIpc) is 3.32. The number of hydrogen-bond donors (Lipinski definition) is 0. The van der Waals surface area contributed by atoms with Crippen molar-refractivity contribution >= 4 is 5.95 Å². The molecule has 0 amide bonds. The molecular formula is C26H31F2N5O2. The Hall–Kier alpha value is -3.36.